The lowest BCUT2D eigenvalue weighted by atomic mass is 10.1. The Morgan fingerprint density at radius 2 is 1.92 bits per heavy atom. The quantitative estimate of drug-likeness (QED) is 0.655. The van der Waals surface area contributed by atoms with Crippen molar-refractivity contribution < 1.29 is 0 Å². The molecule has 0 aromatic carbocycles. The van der Waals surface area contributed by atoms with E-state index in [0.717, 1.165) is 6.42 Å². The Hall–Kier alpha value is 0.0200. The summed E-state index contributed by atoms with van der Waals surface area (Å²) in [6.07, 6.45) is 3.46. The smallest absolute Gasteiger partial charge is 0.106 e. The first-order valence-electron chi connectivity index (χ1n) is 4.94. The highest BCUT2D eigenvalue weighted by molar-refractivity contribution is 8.02. The maximum absolute atomic E-state index is 4.84. The zero-order valence-corrected chi connectivity index (χ0v) is 9.37. The Kier molecular flexibility index (Phi) is 3.22. The summed E-state index contributed by atoms with van der Waals surface area (Å²) < 4.78 is 0. The van der Waals surface area contributed by atoms with Gasteiger partial charge in [0.25, 0.3) is 0 Å². The van der Waals surface area contributed by atoms with E-state index in [1.54, 1.807) is 0 Å². The molecule has 1 unspecified atom stereocenters. The predicted molar refractivity (Wildman–Crippen MR) is 58.1 cm³/mol. The Morgan fingerprint density at radius 1 is 1.33 bits per heavy atom. The van der Waals surface area contributed by atoms with Crippen LogP contribution in [0.1, 0.15) is 47.0 Å². The normalized spacial score (nSPS) is 27.3. The summed E-state index contributed by atoms with van der Waals surface area (Å²) in [7, 11) is 0. The van der Waals surface area contributed by atoms with Crippen LogP contribution in [0.25, 0.3) is 0 Å². The first kappa shape index (κ1) is 10.1. The lowest BCUT2D eigenvalue weighted by Gasteiger charge is -2.21. The first-order valence-corrected chi connectivity index (χ1v) is 5.81. The molecule has 1 aliphatic rings. The van der Waals surface area contributed by atoms with Crippen LogP contribution in [0.3, 0.4) is 0 Å². The highest BCUT2D eigenvalue weighted by Gasteiger charge is 2.35. The largest absolute Gasteiger partial charge is 0.276 e. The van der Waals surface area contributed by atoms with E-state index in [-0.39, 0.29) is 4.87 Å². The van der Waals surface area contributed by atoms with Gasteiger partial charge in [0.05, 0.1) is 0 Å². The van der Waals surface area contributed by atoms with E-state index in [2.05, 4.69) is 27.7 Å². The van der Waals surface area contributed by atoms with Gasteiger partial charge in [0, 0.05) is 11.0 Å². The Balaban J connectivity index is 2.78. The van der Waals surface area contributed by atoms with Crippen LogP contribution in [0.5, 0.6) is 0 Å². The minimum absolute atomic E-state index is 0.227. The van der Waals surface area contributed by atoms with Crippen molar-refractivity contribution in [1.29, 1.82) is 0 Å². The maximum atomic E-state index is 4.84. The monoisotopic (exact) mass is 185 g/mol. The van der Waals surface area contributed by atoms with Gasteiger partial charge in [-0.05, 0) is 26.2 Å². The predicted octanol–water partition coefficient (Wildman–Crippen LogP) is 3.49. The van der Waals surface area contributed by atoms with E-state index in [4.69, 9.17) is 4.99 Å². The molecule has 0 fully saturated rings. The second-order valence-electron chi connectivity index (χ2n) is 3.37. The zero-order valence-electron chi connectivity index (χ0n) is 8.55. The van der Waals surface area contributed by atoms with Crippen LogP contribution >= 0.6 is 11.8 Å². The summed E-state index contributed by atoms with van der Waals surface area (Å²) in [6.45, 7) is 8.97. The molecular formula is C10H19NS. The van der Waals surface area contributed by atoms with Crippen molar-refractivity contribution in [2.75, 3.05) is 0 Å². The highest BCUT2D eigenvalue weighted by atomic mass is 32.2. The molecule has 1 heterocycles. The van der Waals surface area contributed by atoms with E-state index >= 15 is 0 Å². The maximum Gasteiger partial charge on any atom is 0.106 e. The second kappa shape index (κ2) is 3.82. The zero-order chi connectivity index (χ0) is 9.19. The van der Waals surface area contributed by atoms with Crippen LogP contribution in [-0.2, 0) is 0 Å². The number of hydrogen-bond acceptors (Lipinski definition) is 2. The molecule has 1 aliphatic heterocycles. The van der Waals surface area contributed by atoms with Crippen molar-refractivity contribution in [3.63, 3.8) is 0 Å². The molecule has 0 amide bonds. The summed E-state index contributed by atoms with van der Waals surface area (Å²) in [4.78, 5) is 5.06. The third kappa shape index (κ3) is 1.68. The third-order valence-electron chi connectivity index (χ3n) is 2.68. The third-order valence-corrected chi connectivity index (χ3v) is 4.41. The fourth-order valence-corrected chi connectivity index (χ4v) is 3.23. The molecule has 0 N–H and O–H groups in total. The van der Waals surface area contributed by atoms with Crippen LogP contribution in [-0.4, -0.2) is 15.8 Å². The molecule has 12 heavy (non-hydrogen) atoms. The number of nitrogens with zero attached hydrogens (tertiary/aromatic N) is 1. The summed E-state index contributed by atoms with van der Waals surface area (Å²) >= 11 is 2.04. The molecule has 70 valence electrons. The summed E-state index contributed by atoms with van der Waals surface area (Å²) in [5.41, 5.74) is 1.41. The molecule has 0 saturated heterocycles. The Morgan fingerprint density at radius 3 is 2.17 bits per heavy atom. The molecule has 0 spiro atoms. The van der Waals surface area contributed by atoms with Crippen LogP contribution in [0.4, 0.5) is 0 Å². The van der Waals surface area contributed by atoms with Crippen molar-refractivity contribution in [1.82, 2.24) is 0 Å². The Bertz CT molecular complexity index is 182. The van der Waals surface area contributed by atoms with Gasteiger partial charge < -0.3 is 0 Å². The fourth-order valence-electron chi connectivity index (χ4n) is 1.72. The van der Waals surface area contributed by atoms with Gasteiger partial charge in [-0.15, -0.1) is 11.8 Å². The average Bonchev–Trinajstić information content (AvgIpc) is 2.43. The number of hydrogen-bond donors (Lipinski definition) is 0. The summed E-state index contributed by atoms with van der Waals surface area (Å²) in [6, 6.07) is 0. The van der Waals surface area contributed by atoms with E-state index in [1.165, 1.54) is 18.6 Å². The minimum atomic E-state index is 0.227. The van der Waals surface area contributed by atoms with Crippen molar-refractivity contribution >= 4 is 17.5 Å². The molecule has 0 radical (unpaired) electrons. The molecule has 0 bridgehead atoms. The first-order chi connectivity index (χ1) is 5.67. The SMILES string of the molecule is CCC1=NC(CC)(CC)SC1C. The van der Waals surface area contributed by atoms with Gasteiger partial charge >= 0.3 is 0 Å². The highest BCUT2D eigenvalue weighted by Crippen LogP contribution is 2.43. The van der Waals surface area contributed by atoms with Gasteiger partial charge in [0.15, 0.2) is 0 Å². The van der Waals surface area contributed by atoms with E-state index in [0.29, 0.717) is 5.25 Å². The molecule has 0 saturated carbocycles. The molecule has 1 rings (SSSR count). The van der Waals surface area contributed by atoms with Crippen LogP contribution in [0.2, 0.25) is 0 Å². The van der Waals surface area contributed by atoms with Crippen molar-refractivity contribution in [2.45, 2.75) is 57.1 Å². The van der Waals surface area contributed by atoms with E-state index in [9.17, 15) is 0 Å². The van der Waals surface area contributed by atoms with Gasteiger partial charge in [-0.2, -0.15) is 0 Å². The molecule has 1 nitrogen and oxygen atoms in total. The summed E-state index contributed by atoms with van der Waals surface area (Å²) in [5.74, 6) is 0. The van der Waals surface area contributed by atoms with Gasteiger partial charge in [-0.3, -0.25) is 4.99 Å². The Labute approximate surface area is 80.0 Å². The second-order valence-corrected chi connectivity index (χ2v) is 5.07. The molecule has 0 aromatic heterocycles. The topological polar surface area (TPSA) is 12.4 Å². The molecule has 0 aromatic rings. The van der Waals surface area contributed by atoms with Crippen molar-refractivity contribution in [2.24, 2.45) is 4.99 Å². The van der Waals surface area contributed by atoms with Crippen molar-refractivity contribution in [3.05, 3.63) is 0 Å². The lowest BCUT2D eigenvalue weighted by molar-refractivity contribution is 0.580. The van der Waals surface area contributed by atoms with Crippen LogP contribution in [0, 0.1) is 0 Å². The van der Waals surface area contributed by atoms with Gasteiger partial charge in [0.1, 0.15) is 4.87 Å². The molecular weight excluding hydrogens is 166 g/mol. The lowest BCUT2D eigenvalue weighted by Crippen LogP contribution is -2.16. The molecule has 2 heteroatoms. The van der Waals surface area contributed by atoms with E-state index in [1.807, 2.05) is 11.8 Å². The number of thioether (sulfide) groups is 1. The fraction of sp³-hybridized carbons (Fsp3) is 0.900. The number of aliphatic imine (C=N–C) groups is 1. The van der Waals surface area contributed by atoms with Gasteiger partial charge in [-0.25, -0.2) is 0 Å². The minimum Gasteiger partial charge on any atom is -0.276 e. The molecule has 0 aliphatic carbocycles. The number of rotatable bonds is 3. The average molecular weight is 185 g/mol. The van der Waals surface area contributed by atoms with Crippen molar-refractivity contribution in [3.8, 4) is 0 Å². The van der Waals surface area contributed by atoms with E-state index < -0.39 is 0 Å². The van der Waals surface area contributed by atoms with Gasteiger partial charge in [-0.1, -0.05) is 20.8 Å². The van der Waals surface area contributed by atoms with Crippen LogP contribution < -0.4 is 0 Å². The standard InChI is InChI=1S/C10H19NS/c1-5-9-8(4)12-10(6-2,7-3)11-9/h8H,5-7H2,1-4H3. The van der Waals surface area contributed by atoms with Crippen LogP contribution in [0.15, 0.2) is 4.99 Å². The van der Waals surface area contributed by atoms with Gasteiger partial charge in [0.2, 0.25) is 0 Å². The molecule has 1 atom stereocenters. The summed E-state index contributed by atoms with van der Waals surface area (Å²) in [5, 5.41) is 0.648.